The van der Waals surface area contributed by atoms with E-state index >= 15 is 0 Å². The highest BCUT2D eigenvalue weighted by atomic mass is 19.1. The monoisotopic (exact) mass is 755 g/mol. The van der Waals surface area contributed by atoms with Crippen molar-refractivity contribution >= 4 is 23.0 Å². The highest BCUT2D eigenvalue weighted by molar-refractivity contribution is 5.86. The minimum absolute atomic E-state index is 0.0116. The molecule has 55 heavy (non-hydrogen) atoms. The molecule has 0 spiro atoms. The van der Waals surface area contributed by atoms with E-state index in [-0.39, 0.29) is 28.9 Å². The Morgan fingerprint density at radius 3 is 2.36 bits per heavy atom. The highest BCUT2D eigenvalue weighted by Gasteiger charge is 2.32. The molecule has 1 atom stereocenters. The summed E-state index contributed by atoms with van der Waals surface area (Å²) in [5.74, 6) is -1.19. The quantitative estimate of drug-likeness (QED) is 0.225. The maximum Gasteiger partial charge on any atom is 0.408 e. The fraction of sp³-hybridized carbons (Fsp3) is 0.500. The summed E-state index contributed by atoms with van der Waals surface area (Å²) in [4.78, 5) is 63.2. The number of alkyl carbamates (subject to hydrolysis) is 1. The number of amides is 2. The number of aromatic nitrogens is 3. The van der Waals surface area contributed by atoms with Crippen LogP contribution >= 0.6 is 0 Å². The third kappa shape index (κ3) is 9.68. The largest absolute Gasteiger partial charge is 0.444 e. The number of carbonyl (C=O) groups excluding carboxylic acids is 2. The van der Waals surface area contributed by atoms with Gasteiger partial charge in [0.15, 0.2) is 5.65 Å². The van der Waals surface area contributed by atoms with Gasteiger partial charge in [0, 0.05) is 31.7 Å². The van der Waals surface area contributed by atoms with Gasteiger partial charge in [0.05, 0.1) is 17.3 Å². The maximum absolute atomic E-state index is 14.6. The van der Waals surface area contributed by atoms with Crippen LogP contribution in [0.15, 0.2) is 70.4 Å². The highest BCUT2D eigenvalue weighted by Crippen LogP contribution is 2.29. The van der Waals surface area contributed by atoms with Crippen LogP contribution in [0.25, 0.3) is 27.8 Å². The van der Waals surface area contributed by atoms with Gasteiger partial charge in [0.2, 0.25) is 5.91 Å². The standard InChI is InChI=1S/C42H54FN7O5/c1-27(2)36(46-40(53)55-42(3,4)5)38(51)45-32-15-17-33(18-16-32)50-39(52)35-24-31(43)25-44-37(35)49(41(50)54)34-10-7-9-30(23-34)29-13-11-28(12-14-29)26-48-20-8-19-47(6)21-22-48/h7,9-14,23-25,27,32-33,36H,8,15-22,26H2,1-6H3,(H,45,51)(H,46,53)/t32?,33?,36-/m0/s1. The maximum atomic E-state index is 14.6. The van der Waals surface area contributed by atoms with Crippen LogP contribution in [0.4, 0.5) is 9.18 Å². The smallest absolute Gasteiger partial charge is 0.408 e. The zero-order chi connectivity index (χ0) is 39.4. The molecule has 1 aliphatic heterocycles. The lowest BCUT2D eigenvalue weighted by atomic mass is 9.90. The van der Waals surface area contributed by atoms with E-state index in [0.29, 0.717) is 31.4 Å². The molecule has 6 rings (SSSR count). The van der Waals surface area contributed by atoms with Crippen molar-refractivity contribution in [2.45, 2.75) is 97.0 Å². The second kappa shape index (κ2) is 16.9. The topological polar surface area (TPSA) is 131 Å². The molecule has 2 aliphatic rings. The summed E-state index contributed by atoms with van der Waals surface area (Å²) in [5.41, 5.74) is 1.83. The van der Waals surface area contributed by atoms with Gasteiger partial charge in [-0.25, -0.2) is 23.5 Å². The molecule has 1 saturated heterocycles. The summed E-state index contributed by atoms with van der Waals surface area (Å²) in [7, 11) is 2.17. The Bertz CT molecular complexity index is 2120. The molecule has 2 aromatic carbocycles. The van der Waals surface area contributed by atoms with Crippen LogP contribution in [0.1, 0.15) is 78.3 Å². The molecule has 2 amide bonds. The molecule has 1 saturated carbocycles. The number of benzene rings is 2. The first-order valence-corrected chi connectivity index (χ1v) is 19.4. The number of nitrogens with zero attached hydrogens (tertiary/aromatic N) is 5. The summed E-state index contributed by atoms with van der Waals surface area (Å²) in [6.07, 6.45) is 3.36. The van der Waals surface area contributed by atoms with E-state index in [1.54, 1.807) is 26.8 Å². The molecule has 4 aromatic rings. The van der Waals surface area contributed by atoms with Crippen molar-refractivity contribution in [1.29, 1.82) is 0 Å². The number of carbonyl (C=O) groups is 2. The van der Waals surface area contributed by atoms with Crippen molar-refractivity contribution in [2.24, 2.45) is 5.92 Å². The van der Waals surface area contributed by atoms with Crippen molar-refractivity contribution < 1.29 is 18.7 Å². The summed E-state index contributed by atoms with van der Waals surface area (Å²) in [5, 5.41) is 5.75. The van der Waals surface area contributed by atoms with Gasteiger partial charge in [-0.1, -0.05) is 50.2 Å². The van der Waals surface area contributed by atoms with E-state index in [1.807, 2.05) is 32.0 Å². The lowest BCUT2D eigenvalue weighted by Crippen LogP contribution is -2.53. The molecule has 2 aromatic heterocycles. The van der Waals surface area contributed by atoms with Crippen LogP contribution in [0.2, 0.25) is 0 Å². The molecular weight excluding hydrogens is 702 g/mol. The van der Waals surface area contributed by atoms with Crippen molar-refractivity contribution in [1.82, 2.24) is 34.6 Å². The average molecular weight is 756 g/mol. The molecule has 3 heterocycles. The third-order valence-electron chi connectivity index (χ3n) is 10.5. The van der Waals surface area contributed by atoms with Crippen molar-refractivity contribution in [3.63, 3.8) is 0 Å². The Morgan fingerprint density at radius 2 is 1.67 bits per heavy atom. The summed E-state index contributed by atoms with van der Waals surface area (Å²) in [6, 6.07) is 15.6. The molecule has 1 aliphatic carbocycles. The Hall–Kier alpha value is -4.88. The number of pyridine rings is 1. The van der Waals surface area contributed by atoms with E-state index in [9.17, 15) is 23.6 Å². The molecule has 0 radical (unpaired) electrons. The van der Waals surface area contributed by atoms with E-state index in [0.717, 1.165) is 62.5 Å². The first-order chi connectivity index (χ1) is 26.2. The average Bonchev–Trinajstić information content (AvgIpc) is 3.34. The normalized spacial score (nSPS) is 19.2. The van der Waals surface area contributed by atoms with Crippen LogP contribution in [0, 0.1) is 11.7 Å². The minimum atomic E-state index is -0.800. The number of halogens is 1. The van der Waals surface area contributed by atoms with Crippen LogP contribution < -0.4 is 21.9 Å². The van der Waals surface area contributed by atoms with Gasteiger partial charge in [0.1, 0.15) is 17.5 Å². The Morgan fingerprint density at radius 1 is 0.945 bits per heavy atom. The molecule has 12 nitrogen and oxygen atoms in total. The SMILES string of the molecule is CC(C)[C@H](NC(=O)OC(C)(C)C)C(=O)NC1CCC(n2c(=O)c3cc(F)cnc3n(-c3cccc(-c4ccc(CN5CCCN(C)CC5)cc4)c3)c2=O)CC1. The molecule has 2 fully saturated rings. The van der Waals surface area contributed by atoms with Crippen LogP contribution in [0.5, 0.6) is 0 Å². The third-order valence-corrected chi connectivity index (χ3v) is 10.5. The second-order valence-electron chi connectivity index (χ2n) is 16.4. The Kier molecular flexibility index (Phi) is 12.2. The molecule has 2 N–H and O–H groups in total. The second-order valence-corrected chi connectivity index (χ2v) is 16.4. The molecule has 0 unspecified atom stereocenters. The number of hydrogen-bond donors (Lipinski definition) is 2. The van der Waals surface area contributed by atoms with Crippen molar-refractivity contribution in [3.05, 3.63) is 93.0 Å². The molecule has 0 bridgehead atoms. The predicted molar refractivity (Wildman–Crippen MR) is 212 cm³/mol. The minimum Gasteiger partial charge on any atom is -0.444 e. The van der Waals surface area contributed by atoms with Crippen LogP contribution in [0.3, 0.4) is 0 Å². The zero-order valence-electron chi connectivity index (χ0n) is 32.8. The zero-order valence-corrected chi connectivity index (χ0v) is 32.8. The van der Waals surface area contributed by atoms with Gasteiger partial charge in [0.25, 0.3) is 5.56 Å². The first-order valence-electron chi connectivity index (χ1n) is 19.4. The fourth-order valence-corrected chi connectivity index (χ4v) is 7.62. The molecular formula is C42H54FN7O5. The Labute approximate surface area is 321 Å². The first kappa shape index (κ1) is 39.8. The van der Waals surface area contributed by atoms with Crippen LogP contribution in [-0.4, -0.2) is 86.8 Å². The predicted octanol–water partition coefficient (Wildman–Crippen LogP) is 5.64. The summed E-state index contributed by atoms with van der Waals surface area (Å²) in [6.45, 7) is 14.1. The van der Waals surface area contributed by atoms with Crippen molar-refractivity contribution in [2.75, 3.05) is 33.2 Å². The lowest BCUT2D eigenvalue weighted by molar-refractivity contribution is -0.125. The van der Waals surface area contributed by atoms with E-state index in [2.05, 4.69) is 56.7 Å². The summed E-state index contributed by atoms with van der Waals surface area (Å²) >= 11 is 0. The number of ether oxygens (including phenoxy) is 1. The van der Waals surface area contributed by atoms with Crippen molar-refractivity contribution in [3.8, 4) is 16.8 Å². The van der Waals surface area contributed by atoms with Gasteiger partial charge in [-0.2, -0.15) is 0 Å². The van der Waals surface area contributed by atoms with E-state index in [1.165, 1.54) is 14.7 Å². The fourth-order valence-electron chi connectivity index (χ4n) is 7.62. The van der Waals surface area contributed by atoms with Gasteiger partial charge in [-0.3, -0.25) is 19.1 Å². The number of fused-ring (bicyclic) bond motifs is 1. The lowest BCUT2D eigenvalue weighted by Gasteiger charge is -2.32. The molecule has 13 heteroatoms. The summed E-state index contributed by atoms with van der Waals surface area (Å²) < 4.78 is 22.6. The molecule has 294 valence electrons. The number of nitrogens with one attached hydrogen (secondary N) is 2. The van der Waals surface area contributed by atoms with Gasteiger partial charge in [-0.15, -0.1) is 0 Å². The van der Waals surface area contributed by atoms with Gasteiger partial charge in [-0.05, 0) is 114 Å². The Balaban J connectivity index is 1.22. The number of hydrogen-bond acceptors (Lipinski definition) is 8. The van der Waals surface area contributed by atoms with E-state index < -0.39 is 40.8 Å². The number of rotatable bonds is 9. The van der Waals surface area contributed by atoms with E-state index in [4.69, 9.17) is 4.74 Å². The van der Waals surface area contributed by atoms with Gasteiger partial charge >= 0.3 is 11.8 Å². The number of likely N-dealkylation sites (N-methyl/N-ethyl adjacent to an activating group) is 1. The van der Waals surface area contributed by atoms with Crippen LogP contribution in [-0.2, 0) is 16.1 Å². The van der Waals surface area contributed by atoms with Gasteiger partial charge < -0.3 is 20.3 Å².